The maximum absolute atomic E-state index is 14.2. The number of halogens is 1. The lowest BCUT2D eigenvalue weighted by Crippen LogP contribution is -2.45. The molecule has 2 atom stereocenters. The predicted molar refractivity (Wildman–Crippen MR) is 122 cm³/mol. The molecule has 1 aromatic carbocycles. The van der Waals surface area contributed by atoms with E-state index in [-0.39, 0.29) is 23.2 Å². The number of nitrogens with zero attached hydrogens (tertiary/aromatic N) is 1. The molecule has 32 heavy (non-hydrogen) atoms. The second-order valence-corrected chi connectivity index (χ2v) is 11.9. The smallest absolute Gasteiger partial charge is 0.407 e. The first-order chi connectivity index (χ1) is 15.0. The molecule has 2 aliphatic rings. The summed E-state index contributed by atoms with van der Waals surface area (Å²) >= 11 is 0. The van der Waals surface area contributed by atoms with Crippen LogP contribution in [0, 0.1) is 5.82 Å². The monoisotopic (exact) mass is 469 g/mol. The van der Waals surface area contributed by atoms with E-state index in [1.54, 1.807) is 39.0 Å². The minimum atomic E-state index is -3.20. The summed E-state index contributed by atoms with van der Waals surface area (Å²) in [5, 5.41) is 2.68. The fourth-order valence-corrected chi connectivity index (χ4v) is 5.50. The highest BCUT2D eigenvalue weighted by Crippen LogP contribution is 2.28. The van der Waals surface area contributed by atoms with Crippen molar-refractivity contribution in [3.8, 4) is 0 Å². The molecule has 3 rings (SSSR count). The van der Waals surface area contributed by atoms with Crippen molar-refractivity contribution < 1.29 is 22.3 Å². The number of ether oxygens (including phenoxy) is 1. The molecule has 1 aliphatic heterocycles. The Morgan fingerprint density at radius 2 is 1.97 bits per heavy atom. The van der Waals surface area contributed by atoms with Crippen LogP contribution < -0.4 is 10.0 Å². The van der Waals surface area contributed by atoms with E-state index < -0.39 is 21.7 Å². The first kappa shape index (κ1) is 24.9. The van der Waals surface area contributed by atoms with Crippen LogP contribution in [0.15, 0.2) is 24.3 Å². The van der Waals surface area contributed by atoms with Gasteiger partial charge in [0.25, 0.3) is 0 Å². The third kappa shape index (κ3) is 7.71. The zero-order chi connectivity index (χ0) is 23.4. The third-order valence-electron chi connectivity index (χ3n) is 5.89. The van der Waals surface area contributed by atoms with Crippen molar-refractivity contribution in [3.63, 3.8) is 0 Å². The summed E-state index contributed by atoms with van der Waals surface area (Å²) in [6.45, 7) is 7.39. The zero-order valence-electron chi connectivity index (χ0n) is 19.3. The van der Waals surface area contributed by atoms with Gasteiger partial charge in [-0.25, -0.2) is 22.3 Å². The Labute approximate surface area is 191 Å². The largest absolute Gasteiger partial charge is 0.444 e. The van der Waals surface area contributed by atoms with Gasteiger partial charge in [-0.2, -0.15) is 0 Å². The number of hydrogen-bond donors (Lipinski definition) is 2. The molecule has 0 radical (unpaired) electrons. The van der Waals surface area contributed by atoms with Crippen molar-refractivity contribution >= 4 is 16.1 Å². The molecule has 0 unspecified atom stereocenters. The molecular formula is C23H36FN3O4S. The number of amides is 1. The average molecular weight is 470 g/mol. The lowest BCUT2D eigenvalue weighted by atomic mass is 10.0. The molecule has 1 aliphatic carbocycles. The fourth-order valence-electron chi connectivity index (χ4n) is 4.08. The van der Waals surface area contributed by atoms with Crippen LogP contribution in [0.2, 0.25) is 0 Å². The van der Waals surface area contributed by atoms with E-state index in [0.717, 1.165) is 32.2 Å². The number of carbonyl (C=O) groups excluding carboxylic acids is 1. The summed E-state index contributed by atoms with van der Waals surface area (Å²) in [7, 11) is -3.20. The second-order valence-electron chi connectivity index (χ2n) is 9.85. The van der Waals surface area contributed by atoms with Gasteiger partial charge in [0, 0.05) is 25.2 Å². The summed E-state index contributed by atoms with van der Waals surface area (Å²) < 4.78 is 46.7. The second kappa shape index (κ2) is 10.5. The lowest BCUT2D eigenvalue weighted by molar-refractivity contribution is 0.0497. The van der Waals surface area contributed by atoms with Crippen molar-refractivity contribution in [1.82, 2.24) is 14.9 Å². The number of alkyl carbamates (subject to hydrolysis) is 1. The standard InChI is InChI=1S/C23H36FN3O4S/c1-23(2,3)31-22(28)26-18(15-17-7-4-5-9-21(17)24)12-14-27-13-6-8-19(27)16-25-32(29,30)20-10-11-20/h4-5,7,9,18-20,25H,6,8,10-16H2,1-3H3,(H,26,28)/t18-,19-/m0/s1. The molecule has 2 fully saturated rings. The van der Waals surface area contributed by atoms with E-state index in [9.17, 15) is 17.6 Å². The molecule has 180 valence electrons. The van der Waals surface area contributed by atoms with Gasteiger partial charge >= 0.3 is 6.09 Å². The minimum absolute atomic E-state index is 0.138. The Morgan fingerprint density at radius 3 is 2.62 bits per heavy atom. The maximum Gasteiger partial charge on any atom is 0.407 e. The molecule has 2 N–H and O–H groups in total. The van der Waals surface area contributed by atoms with E-state index in [1.807, 2.05) is 0 Å². The van der Waals surface area contributed by atoms with Gasteiger partial charge in [0.15, 0.2) is 0 Å². The quantitative estimate of drug-likeness (QED) is 0.550. The molecule has 1 saturated carbocycles. The summed E-state index contributed by atoms with van der Waals surface area (Å²) in [6.07, 6.45) is 3.89. The Balaban J connectivity index is 1.58. The van der Waals surface area contributed by atoms with Gasteiger partial charge in [-0.15, -0.1) is 0 Å². The van der Waals surface area contributed by atoms with Crippen LogP contribution in [0.5, 0.6) is 0 Å². The first-order valence-electron chi connectivity index (χ1n) is 11.5. The third-order valence-corrected chi connectivity index (χ3v) is 7.81. The van der Waals surface area contributed by atoms with Crippen LogP contribution in [0.3, 0.4) is 0 Å². The average Bonchev–Trinajstić information content (AvgIpc) is 3.46. The number of sulfonamides is 1. The Morgan fingerprint density at radius 1 is 1.25 bits per heavy atom. The van der Waals surface area contributed by atoms with Crippen LogP contribution in [0.4, 0.5) is 9.18 Å². The van der Waals surface area contributed by atoms with Gasteiger partial charge in [0.05, 0.1) is 5.25 Å². The minimum Gasteiger partial charge on any atom is -0.444 e. The van der Waals surface area contributed by atoms with E-state index in [1.165, 1.54) is 6.07 Å². The highest BCUT2D eigenvalue weighted by atomic mass is 32.2. The maximum atomic E-state index is 14.2. The van der Waals surface area contributed by atoms with Crippen LogP contribution >= 0.6 is 0 Å². The van der Waals surface area contributed by atoms with Crippen LogP contribution in [-0.2, 0) is 21.2 Å². The topological polar surface area (TPSA) is 87.7 Å². The fraction of sp³-hybridized carbons (Fsp3) is 0.696. The van der Waals surface area contributed by atoms with Gasteiger partial charge in [-0.05, 0) is 77.5 Å². The summed E-state index contributed by atoms with van der Waals surface area (Å²) in [4.78, 5) is 14.6. The van der Waals surface area contributed by atoms with Gasteiger partial charge < -0.3 is 10.1 Å². The number of hydrogen-bond acceptors (Lipinski definition) is 5. The summed E-state index contributed by atoms with van der Waals surface area (Å²) in [5.41, 5.74) is -0.0745. The van der Waals surface area contributed by atoms with Crippen molar-refractivity contribution in [2.45, 2.75) is 82.2 Å². The van der Waals surface area contributed by atoms with Gasteiger partial charge in [-0.1, -0.05) is 18.2 Å². The summed E-state index contributed by atoms with van der Waals surface area (Å²) in [5.74, 6) is -0.294. The Hall–Kier alpha value is -1.71. The van der Waals surface area contributed by atoms with Crippen molar-refractivity contribution in [1.29, 1.82) is 0 Å². The van der Waals surface area contributed by atoms with Gasteiger partial charge in [-0.3, -0.25) is 4.90 Å². The normalized spacial score (nSPS) is 20.8. The molecule has 0 bridgehead atoms. The van der Waals surface area contributed by atoms with Gasteiger partial charge in [0.1, 0.15) is 11.4 Å². The highest BCUT2D eigenvalue weighted by Gasteiger charge is 2.36. The molecule has 1 aromatic rings. The zero-order valence-corrected chi connectivity index (χ0v) is 20.1. The Kier molecular flexibility index (Phi) is 8.16. The number of rotatable bonds is 10. The van der Waals surface area contributed by atoms with E-state index in [0.29, 0.717) is 31.5 Å². The number of likely N-dealkylation sites (tertiary alicyclic amines) is 1. The lowest BCUT2D eigenvalue weighted by Gasteiger charge is -2.28. The van der Waals surface area contributed by atoms with Crippen molar-refractivity contribution in [2.75, 3.05) is 19.6 Å². The molecule has 9 heteroatoms. The van der Waals surface area contributed by atoms with Crippen LogP contribution in [-0.4, -0.2) is 62.0 Å². The van der Waals surface area contributed by atoms with Crippen LogP contribution in [0.25, 0.3) is 0 Å². The highest BCUT2D eigenvalue weighted by molar-refractivity contribution is 7.90. The molecule has 1 amide bonds. The van der Waals surface area contributed by atoms with E-state index in [4.69, 9.17) is 4.74 Å². The van der Waals surface area contributed by atoms with Crippen molar-refractivity contribution in [2.24, 2.45) is 0 Å². The molecule has 1 heterocycles. The van der Waals surface area contributed by atoms with Gasteiger partial charge in [0.2, 0.25) is 10.0 Å². The van der Waals surface area contributed by atoms with Crippen molar-refractivity contribution in [3.05, 3.63) is 35.6 Å². The SMILES string of the molecule is CC(C)(C)OC(=O)N[C@@H](CCN1CCC[C@H]1CNS(=O)(=O)C1CC1)Cc1ccccc1F. The van der Waals surface area contributed by atoms with E-state index in [2.05, 4.69) is 14.9 Å². The Bertz CT molecular complexity index is 883. The number of benzene rings is 1. The molecule has 0 spiro atoms. The summed E-state index contributed by atoms with van der Waals surface area (Å²) in [6, 6.07) is 6.41. The first-order valence-corrected chi connectivity index (χ1v) is 13.0. The predicted octanol–water partition coefficient (Wildman–Crippen LogP) is 3.20. The van der Waals surface area contributed by atoms with E-state index >= 15 is 0 Å². The molecule has 7 nitrogen and oxygen atoms in total. The van der Waals surface area contributed by atoms with Crippen LogP contribution in [0.1, 0.15) is 58.4 Å². The molecule has 1 saturated heterocycles. The number of carbonyl (C=O) groups is 1. The molecule has 0 aromatic heterocycles. The number of nitrogens with one attached hydrogen (secondary N) is 2. The molecular weight excluding hydrogens is 433 g/mol.